The number of rotatable bonds is 3. The van der Waals surface area contributed by atoms with Gasteiger partial charge in [-0.2, -0.15) is 0 Å². The van der Waals surface area contributed by atoms with Crippen molar-refractivity contribution in [3.63, 3.8) is 0 Å². The summed E-state index contributed by atoms with van der Waals surface area (Å²) in [6, 6.07) is 15.6. The monoisotopic (exact) mass is 308 g/mol. The van der Waals surface area contributed by atoms with Gasteiger partial charge in [-0.05, 0) is 37.3 Å². The first kappa shape index (κ1) is 14.9. The number of aliphatic hydroxyl groups is 1. The summed E-state index contributed by atoms with van der Waals surface area (Å²) in [6.07, 6.45) is 8.91. The van der Waals surface area contributed by atoms with E-state index in [-0.39, 0.29) is 0 Å². The molecule has 2 aliphatic heterocycles. The highest BCUT2D eigenvalue weighted by Gasteiger charge is 2.46. The maximum Gasteiger partial charge on any atom is 0.0941 e. The van der Waals surface area contributed by atoms with Crippen LogP contribution in [0, 0.1) is 0 Å². The van der Waals surface area contributed by atoms with Crippen molar-refractivity contribution in [3.05, 3.63) is 66.0 Å². The lowest BCUT2D eigenvalue weighted by molar-refractivity contribution is -0.100. The van der Waals surface area contributed by atoms with Gasteiger partial charge in [0.05, 0.1) is 5.60 Å². The molecule has 0 spiro atoms. The van der Waals surface area contributed by atoms with Gasteiger partial charge in [0.25, 0.3) is 0 Å². The smallest absolute Gasteiger partial charge is 0.0941 e. The third-order valence-corrected chi connectivity index (χ3v) is 5.57. The first-order valence-electron chi connectivity index (χ1n) is 8.67. The maximum absolute atomic E-state index is 11.3. The van der Waals surface area contributed by atoms with Crippen molar-refractivity contribution in [3.8, 4) is 0 Å². The van der Waals surface area contributed by atoms with Crippen molar-refractivity contribution in [2.24, 2.45) is 0 Å². The number of hydrogen-bond donors (Lipinski definition) is 1. The molecule has 4 rings (SSSR count). The van der Waals surface area contributed by atoms with Gasteiger partial charge in [-0.1, -0.05) is 42.8 Å². The number of aromatic nitrogens is 1. The van der Waals surface area contributed by atoms with Crippen LogP contribution < -0.4 is 0 Å². The number of nitrogens with zero attached hydrogens (tertiary/aromatic N) is 2. The Morgan fingerprint density at radius 3 is 2.43 bits per heavy atom. The Hall–Kier alpha value is -1.71. The fourth-order valence-corrected chi connectivity index (χ4v) is 4.45. The van der Waals surface area contributed by atoms with Crippen LogP contribution in [0.2, 0.25) is 0 Å². The molecule has 23 heavy (non-hydrogen) atoms. The van der Waals surface area contributed by atoms with Gasteiger partial charge in [0, 0.05) is 36.6 Å². The lowest BCUT2D eigenvalue weighted by Gasteiger charge is -2.52. The molecule has 120 valence electrons. The second-order valence-corrected chi connectivity index (χ2v) is 7.08. The van der Waals surface area contributed by atoms with Crippen LogP contribution in [0.15, 0.2) is 54.9 Å². The molecule has 3 heterocycles. The van der Waals surface area contributed by atoms with Crippen LogP contribution in [0.3, 0.4) is 0 Å². The van der Waals surface area contributed by atoms with Crippen LogP contribution in [-0.4, -0.2) is 27.1 Å². The van der Waals surface area contributed by atoms with Gasteiger partial charge in [-0.3, -0.25) is 9.88 Å². The van der Waals surface area contributed by atoms with Crippen molar-refractivity contribution in [1.29, 1.82) is 0 Å². The van der Waals surface area contributed by atoms with Crippen molar-refractivity contribution in [1.82, 2.24) is 9.88 Å². The molecule has 2 saturated heterocycles. The minimum atomic E-state index is -0.711. The Bertz CT molecular complexity index is 629. The Labute approximate surface area is 138 Å². The SMILES string of the molecule is OC1(c2cccnc2)CC2CCCC(C1)N2Cc1ccccc1. The van der Waals surface area contributed by atoms with Crippen LogP contribution in [-0.2, 0) is 12.1 Å². The summed E-state index contributed by atoms with van der Waals surface area (Å²) >= 11 is 0. The number of pyridine rings is 1. The normalized spacial score (nSPS) is 31.0. The summed E-state index contributed by atoms with van der Waals surface area (Å²) in [6.45, 7) is 0.999. The lowest BCUT2D eigenvalue weighted by Crippen LogP contribution is -2.56. The second-order valence-electron chi connectivity index (χ2n) is 7.08. The van der Waals surface area contributed by atoms with Crippen LogP contribution in [0.4, 0.5) is 0 Å². The van der Waals surface area contributed by atoms with E-state index in [0.29, 0.717) is 12.1 Å². The molecule has 3 nitrogen and oxygen atoms in total. The van der Waals surface area contributed by atoms with Crippen molar-refractivity contribution in [2.75, 3.05) is 0 Å². The minimum absolute atomic E-state index is 0.466. The van der Waals surface area contributed by atoms with Crippen LogP contribution >= 0.6 is 0 Å². The predicted molar refractivity (Wildman–Crippen MR) is 90.8 cm³/mol. The van der Waals surface area contributed by atoms with Crippen LogP contribution in [0.1, 0.15) is 43.2 Å². The molecule has 1 N–H and O–H groups in total. The zero-order chi connectivity index (χ0) is 15.7. The van der Waals surface area contributed by atoms with Gasteiger partial charge in [-0.15, -0.1) is 0 Å². The Morgan fingerprint density at radius 1 is 1.04 bits per heavy atom. The molecule has 3 heteroatoms. The van der Waals surface area contributed by atoms with E-state index in [4.69, 9.17) is 0 Å². The second kappa shape index (κ2) is 6.06. The molecule has 1 aromatic heterocycles. The maximum atomic E-state index is 11.3. The summed E-state index contributed by atoms with van der Waals surface area (Å²) in [7, 11) is 0. The fourth-order valence-electron chi connectivity index (χ4n) is 4.45. The molecule has 2 aromatic rings. The van der Waals surface area contributed by atoms with Gasteiger partial charge in [-0.25, -0.2) is 0 Å². The Morgan fingerprint density at radius 2 is 1.78 bits per heavy atom. The molecular weight excluding hydrogens is 284 g/mol. The molecule has 2 bridgehead atoms. The molecule has 1 aromatic carbocycles. The quantitative estimate of drug-likeness (QED) is 0.943. The lowest BCUT2D eigenvalue weighted by atomic mass is 9.72. The van der Waals surface area contributed by atoms with Crippen LogP contribution in [0.5, 0.6) is 0 Å². The molecule has 2 unspecified atom stereocenters. The predicted octanol–water partition coefficient (Wildman–Crippen LogP) is 3.49. The Balaban J connectivity index is 1.57. The summed E-state index contributed by atoms with van der Waals surface area (Å²) in [5.74, 6) is 0. The van der Waals surface area contributed by atoms with Crippen molar-refractivity contribution < 1.29 is 5.11 Å². The summed E-state index contributed by atoms with van der Waals surface area (Å²) < 4.78 is 0. The van der Waals surface area contributed by atoms with E-state index in [0.717, 1.165) is 24.9 Å². The minimum Gasteiger partial charge on any atom is -0.385 e. The first-order chi connectivity index (χ1) is 11.2. The average molecular weight is 308 g/mol. The average Bonchev–Trinajstić information content (AvgIpc) is 2.58. The number of fused-ring (bicyclic) bond motifs is 2. The molecule has 0 radical (unpaired) electrons. The van der Waals surface area contributed by atoms with Crippen LogP contribution in [0.25, 0.3) is 0 Å². The molecular formula is C20H24N2O. The van der Waals surface area contributed by atoms with Crippen molar-refractivity contribution in [2.45, 2.75) is 56.3 Å². The standard InChI is InChI=1S/C20H24N2O/c23-20(17-8-5-11-21-14-17)12-18-9-4-10-19(13-20)22(18)15-16-6-2-1-3-7-16/h1-3,5-8,11,14,18-19,23H,4,9-10,12-13,15H2. The summed E-state index contributed by atoms with van der Waals surface area (Å²) in [5.41, 5.74) is 1.64. The highest BCUT2D eigenvalue weighted by molar-refractivity contribution is 5.22. The zero-order valence-corrected chi connectivity index (χ0v) is 13.4. The topological polar surface area (TPSA) is 36.4 Å². The highest BCUT2D eigenvalue weighted by atomic mass is 16.3. The van der Waals surface area contributed by atoms with E-state index < -0.39 is 5.60 Å². The van der Waals surface area contributed by atoms with Gasteiger partial charge >= 0.3 is 0 Å². The van der Waals surface area contributed by atoms with E-state index in [9.17, 15) is 5.11 Å². The zero-order valence-electron chi connectivity index (χ0n) is 13.4. The molecule has 2 atom stereocenters. The number of benzene rings is 1. The molecule has 0 saturated carbocycles. The summed E-state index contributed by atoms with van der Waals surface area (Å²) in [4.78, 5) is 6.84. The highest BCUT2D eigenvalue weighted by Crippen LogP contribution is 2.44. The summed E-state index contributed by atoms with van der Waals surface area (Å²) in [5, 5.41) is 11.3. The molecule has 0 amide bonds. The number of piperidine rings is 2. The largest absolute Gasteiger partial charge is 0.385 e. The van der Waals surface area contributed by atoms with Gasteiger partial charge in [0.15, 0.2) is 0 Å². The van der Waals surface area contributed by atoms with E-state index in [1.54, 1.807) is 6.20 Å². The Kier molecular flexibility index (Phi) is 3.92. The van der Waals surface area contributed by atoms with E-state index in [2.05, 4.69) is 40.2 Å². The fraction of sp³-hybridized carbons (Fsp3) is 0.450. The number of hydrogen-bond acceptors (Lipinski definition) is 3. The van der Waals surface area contributed by atoms with Gasteiger partial charge < -0.3 is 5.11 Å². The third kappa shape index (κ3) is 2.91. The van der Waals surface area contributed by atoms with E-state index in [1.807, 2.05) is 18.3 Å². The van der Waals surface area contributed by atoms with Gasteiger partial charge in [0.2, 0.25) is 0 Å². The first-order valence-corrected chi connectivity index (χ1v) is 8.67. The van der Waals surface area contributed by atoms with E-state index in [1.165, 1.54) is 24.8 Å². The molecule has 0 aliphatic carbocycles. The van der Waals surface area contributed by atoms with E-state index >= 15 is 0 Å². The molecule has 2 fully saturated rings. The van der Waals surface area contributed by atoms with Crippen molar-refractivity contribution >= 4 is 0 Å². The molecule has 2 aliphatic rings. The third-order valence-electron chi connectivity index (χ3n) is 5.57. The van der Waals surface area contributed by atoms with Gasteiger partial charge in [0.1, 0.15) is 0 Å².